The zero-order valence-electron chi connectivity index (χ0n) is 26.4. The molecule has 1 heterocycles. The predicted molar refractivity (Wildman–Crippen MR) is 173 cm³/mol. The number of para-hydroxylation sites is 2. The minimum Gasteiger partial charge on any atom is -0.493 e. The van der Waals surface area contributed by atoms with E-state index in [0.29, 0.717) is 54.2 Å². The lowest BCUT2D eigenvalue weighted by Gasteiger charge is -2.19. The number of nitrogens with one attached hydrogen (secondary N) is 3. The molecular weight excluding hydrogens is 574 g/mol. The molecule has 4 aromatic rings. The highest BCUT2D eigenvalue weighted by Gasteiger charge is 2.29. The Labute approximate surface area is 261 Å². The molecule has 0 bridgehead atoms. The van der Waals surface area contributed by atoms with Crippen LogP contribution >= 0.6 is 0 Å². The van der Waals surface area contributed by atoms with E-state index in [1.165, 1.54) is 20.1 Å². The summed E-state index contributed by atoms with van der Waals surface area (Å²) in [7, 11) is 6.62. The molecule has 2 amide bonds. The van der Waals surface area contributed by atoms with Gasteiger partial charge in [0, 0.05) is 32.5 Å². The van der Waals surface area contributed by atoms with E-state index in [1.54, 1.807) is 27.2 Å². The number of benzene rings is 2. The zero-order chi connectivity index (χ0) is 32.2. The average Bonchev–Trinajstić information content (AvgIpc) is 3.16. The number of rotatable bonds is 10. The van der Waals surface area contributed by atoms with Gasteiger partial charge >= 0.3 is 0 Å². The van der Waals surface area contributed by atoms with Gasteiger partial charge in [0.1, 0.15) is 11.9 Å². The molecule has 236 valence electrons. The van der Waals surface area contributed by atoms with Gasteiger partial charge in [0.05, 0.1) is 44.1 Å². The molecular formula is C34H39N5O6. The summed E-state index contributed by atoms with van der Waals surface area (Å²) in [6.45, 7) is 3.55. The van der Waals surface area contributed by atoms with Crippen LogP contribution in [0.1, 0.15) is 43.3 Å². The number of anilines is 1. The van der Waals surface area contributed by atoms with Crippen LogP contribution in [0.3, 0.4) is 0 Å². The third-order valence-corrected chi connectivity index (χ3v) is 8.21. The highest BCUT2D eigenvalue weighted by atomic mass is 16.5. The number of carbonyl (C=O) groups is 2. The van der Waals surface area contributed by atoms with Crippen molar-refractivity contribution in [2.24, 2.45) is 7.05 Å². The highest BCUT2D eigenvalue weighted by Crippen LogP contribution is 2.50. The third-order valence-electron chi connectivity index (χ3n) is 8.21. The van der Waals surface area contributed by atoms with Gasteiger partial charge in [0.25, 0.3) is 0 Å². The van der Waals surface area contributed by atoms with Gasteiger partial charge in [0.15, 0.2) is 11.5 Å². The smallest absolute Gasteiger partial charge is 0.242 e. The summed E-state index contributed by atoms with van der Waals surface area (Å²) in [4.78, 5) is 43.5. The molecule has 11 nitrogen and oxygen atoms in total. The van der Waals surface area contributed by atoms with Gasteiger partial charge in [0.2, 0.25) is 23.0 Å². The van der Waals surface area contributed by atoms with Gasteiger partial charge < -0.3 is 34.7 Å². The summed E-state index contributed by atoms with van der Waals surface area (Å²) in [6.07, 6.45) is 1.71. The van der Waals surface area contributed by atoms with Crippen LogP contribution in [0.25, 0.3) is 22.2 Å². The van der Waals surface area contributed by atoms with Gasteiger partial charge in [-0.2, -0.15) is 0 Å². The van der Waals surface area contributed by atoms with Crippen LogP contribution in [0.2, 0.25) is 0 Å². The van der Waals surface area contributed by atoms with Crippen LogP contribution in [0.4, 0.5) is 5.69 Å². The lowest BCUT2D eigenvalue weighted by atomic mass is 9.95. The standard InChI is InChI=1S/C34H39N5O6/c1-19(34(42)35-16-15-30-38-25-9-7-8-10-27(25)39(30)3)36-26-14-12-22-23(18-28(26)41)24(37-20(2)40)13-11-21-17-29(43-4)32(44-5)33(45-6)31(21)22/h7-10,12,14,17-19,24H,11,13,15-16H2,1-6H3,(H,35,42)(H,36,41)(H,37,40)/t19-,24-/m0/s1. The van der Waals surface area contributed by atoms with Crippen LogP contribution in [-0.2, 0) is 29.5 Å². The Morgan fingerprint density at radius 2 is 1.80 bits per heavy atom. The van der Waals surface area contributed by atoms with Crippen molar-refractivity contribution in [3.8, 4) is 28.4 Å². The molecule has 3 aromatic carbocycles. The van der Waals surface area contributed by atoms with Crippen LogP contribution < -0.4 is 35.6 Å². The fourth-order valence-electron chi connectivity index (χ4n) is 6.00. The highest BCUT2D eigenvalue weighted by molar-refractivity contribution is 5.86. The maximum Gasteiger partial charge on any atom is 0.242 e. The Balaban J connectivity index is 1.43. The normalized spacial score (nSPS) is 14.4. The minimum absolute atomic E-state index is 0.208. The number of aromatic nitrogens is 2. The molecule has 0 saturated heterocycles. The summed E-state index contributed by atoms with van der Waals surface area (Å²) in [5, 5.41) is 9.04. The van der Waals surface area contributed by atoms with E-state index in [0.717, 1.165) is 28.0 Å². The molecule has 0 saturated carbocycles. The Hall–Kier alpha value is -5.06. The van der Waals surface area contributed by atoms with Crippen molar-refractivity contribution in [2.45, 2.75) is 45.2 Å². The monoisotopic (exact) mass is 613 g/mol. The van der Waals surface area contributed by atoms with Gasteiger partial charge in [-0.3, -0.25) is 14.4 Å². The van der Waals surface area contributed by atoms with E-state index in [4.69, 9.17) is 14.2 Å². The molecule has 0 spiro atoms. The Bertz CT molecular complexity index is 1820. The second kappa shape index (κ2) is 13.3. The van der Waals surface area contributed by atoms with E-state index >= 15 is 0 Å². The zero-order valence-corrected chi connectivity index (χ0v) is 26.4. The van der Waals surface area contributed by atoms with Gasteiger partial charge in [-0.15, -0.1) is 0 Å². The van der Waals surface area contributed by atoms with E-state index < -0.39 is 12.1 Å². The van der Waals surface area contributed by atoms with E-state index in [9.17, 15) is 14.4 Å². The Morgan fingerprint density at radius 3 is 2.49 bits per heavy atom. The first-order valence-electron chi connectivity index (χ1n) is 14.9. The molecule has 11 heteroatoms. The molecule has 5 rings (SSSR count). The summed E-state index contributed by atoms with van der Waals surface area (Å²) >= 11 is 0. The van der Waals surface area contributed by atoms with Crippen molar-refractivity contribution in [3.63, 3.8) is 0 Å². The second-order valence-electron chi connectivity index (χ2n) is 11.1. The largest absolute Gasteiger partial charge is 0.493 e. The first kappa shape index (κ1) is 31.4. The lowest BCUT2D eigenvalue weighted by Crippen LogP contribution is -2.39. The van der Waals surface area contributed by atoms with Crippen molar-refractivity contribution >= 4 is 28.5 Å². The van der Waals surface area contributed by atoms with E-state index in [1.807, 2.05) is 48.0 Å². The van der Waals surface area contributed by atoms with Crippen molar-refractivity contribution < 1.29 is 23.8 Å². The van der Waals surface area contributed by atoms with E-state index in [2.05, 4.69) is 20.9 Å². The number of amides is 2. The fraction of sp³-hybridized carbons (Fsp3) is 0.353. The molecule has 0 fully saturated rings. The molecule has 0 aliphatic heterocycles. The summed E-state index contributed by atoms with van der Waals surface area (Å²) in [6, 6.07) is 13.7. The number of hydrogen-bond acceptors (Lipinski definition) is 8. The molecule has 2 atom stereocenters. The molecule has 1 aliphatic rings. The third kappa shape index (κ3) is 6.29. The summed E-state index contributed by atoms with van der Waals surface area (Å²) < 4.78 is 19.1. The summed E-state index contributed by atoms with van der Waals surface area (Å²) in [5.74, 6) is 1.84. The first-order valence-corrected chi connectivity index (χ1v) is 14.9. The van der Waals surface area contributed by atoms with Gasteiger partial charge in [-0.05, 0) is 66.8 Å². The van der Waals surface area contributed by atoms with Crippen molar-refractivity contribution in [1.29, 1.82) is 0 Å². The lowest BCUT2D eigenvalue weighted by molar-refractivity contribution is -0.121. The van der Waals surface area contributed by atoms with Crippen LogP contribution in [0, 0.1) is 0 Å². The number of methoxy groups -OCH3 is 3. The molecule has 1 aromatic heterocycles. The second-order valence-corrected chi connectivity index (χ2v) is 11.1. The number of aryl methyl sites for hydroxylation is 2. The SMILES string of the molecule is COc1cc2c(c(OC)c1OC)-c1ccc(N[C@@H](C)C(=O)NCCc3nc4ccccc4n3C)c(=O)cc1[C@@H](NC(C)=O)CC2. The predicted octanol–water partition coefficient (Wildman–Crippen LogP) is 3.91. The van der Waals surface area contributed by atoms with Gasteiger partial charge in [-0.25, -0.2) is 4.98 Å². The maximum atomic E-state index is 13.6. The van der Waals surface area contributed by atoms with Crippen LogP contribution in [-0.4, -0.2) is 55.3 Å². The Kier molecular flexibility index (Phi) is 9.26. The van der Waals surface area contributed by atoms with Crippen LogP contribution in [0.15, 0.2) is 53.3 Å². The Morgan fingerprint density at radius 1 is 1.04 bits per heavy atom. The molecule has 0 radical (unpaired) electrons. The summed E-state index contributed by atoms with van der Waals surface area (Å²) in [5.41, 5.74) is 4.93. The number of carbonyl (C=O) groups excluding carboxylic acids is 2. The van der Waals surface area contributed by atoms with Crippen LogP contribution in [0.5, 0.6) is 17.2 Å². The molecule has 1 aliphatic carbocycles. The number of fused-ring (bicyclic) bond motifs is 4. The van der Waals surface area contributed by atoms with Crippen molar-refractivity contribution in [2.75, 3.05) is 33.2 Å². The number of ether oxygens (including phenoxy) is 3. The number of nitrogens with zero attached hydrogens (tertiary/aromatic N) is 2. The fourth-order valence-corrected chi connectivity index (χ4v) is 6.00. The topological polar surface area (TPSA) is 133 Å². The average molecular weight is 614 g/mol. The quantitative estimate of drug-likeness (QED) is 0.245. The number of imidazole rings is 1. The molecule has 3 N–H and O–H groups in total. The molecule has 45 heavy (non-hydrogen) atoms. The van der Waals surface area contributed by atoms with Crippen molar-refractivity contribution in [1.82, 2.24) is 20.2 Å². The maximum absolute atomic E-state index is 13.6. The first-order chi connectivity index (χ1) is 21.7. The molecule has 0 unspecified atom stereocenters. The van der Waals surface area contributed by atoms with Crippen molar-refractivity contribution in [3.05, 3.63) is 75.7 Å². The number of hydrogen-bond donors (Lipinski definition) is 3. The van der Waals surface area contributed by atoms with E-state index in [-0.39, 0.29) is 22.9 Å². The van der Waals surface area contributed by atoms with Gasteiger partial charge in [-0.1, -0.05) is 18.2 Å². The minimum atomic E-state index is -0.697.